The van der Waals surface area contributed by atoms with Crippen LogP contribution >= 0.6 is 0 Å². The first-order valence-electron chi connectivity index (χ1n) is 5.58. The molecule has 0 aliphatic carbocycles. The average Bonchev–Trinajstić information content (AvgIpc) is 2.46. The van der Waals surface area contributed by atoms with E-state index in [-0.39, 0.29) is 5.69 Å². The van der Waals surface area contributed by atoms with Gasteiger partial charge in [0, 0.05) is 17.3 Å². The van der Waals surface area contributed by atoms with Gasteiger partial charge in [-0.05, 0) is 19.1 Å². The zero-order valence-corrected chi connectivity index (χ0v) is 11.4. The van der Waals surface area contributed by atoms with Crippen molar-refractivity contribution in [2.24, 2.45) is 4.36 Å². The third-order valence-electron chi connectivity index (χ3n) is 2.33. The molecule has 98 valence electrons. The summed E-state index contributed by atoms with van der Waals surface area (Å²) >= 11 is 0. The number of rotatable bonds is 3. The average molecular weight is 275 g/mol. The summed E-state index contributed by atoms with van der Waals surface area (Å²) in [6, 6.07) is 7.71. The van der Waals surface area contributed by atoms with Gasteiger partial charge < -0.3 is 4.18 Å². The standard InChI is InChI=1S/C13H13N3O2S/c1-10-3-5-11(6-4-10)19(18-2)16-13(17)12-9-14-7-8-15-12/h3-9H,1-2H3. The molecule has 2 aromatic rings. The van der Waals surface area contributed by atoms with Gasteiger partial charge in [0.15, 0.2) is 0 Å². The molecule has 1 aromatic carbocycles. The van der Waals surface area contributed by atoms with Crippen LogP contribution in [0.15, 0.2) is 52.1 Å². The van der Waals surface area contributed by atoms with Gasteiger partial charge in [-0.2, -0.15) is 4.36 Å². The van der Waals surface area contributed by atoms with Crippen molar-refractivity contribution in [1.82, 2.24) is 9.97 Å². The lowest BCUT2D eigenvalue weighted by Gasteiger charge is -2.05. The topological polar surface area (TPSA) is 64.4 Å². The SMILES string of the molecule is COS(=NC(=O)c1cnccn1)c1ccc(C)cc1. The highest BCUT2D eigenvalue weighted by molar-refractivity contribution is 7.83. The number of carbonyl (C=O) groups is 1. The molecule has 1 atom stereocenters. The molecular weight excluding hydrogens is 262 g/mol. The van der Waals surface area contributed by atoms with Crippen molar-refractivity contribution in [3.63, 3.8) is 0 Å². The number of hydrogen-bond acceptors (Lipinski definition) is 4. The first kappa shape index (κ1) is 13.5. The van der Waals surface area contributed by atoms with Gasteiger partial charge in [0.05, 0.1) is 24.3 Å². The minimum absolute atomic E-state index is 0.212. The van der Waals surface area contributed by atoms with Gasteiger partial charge >= 0.3 is 5.91 Å². The number of aryl methyl sites for hydroxylation is 1. The fourth-order valence-electron chi connectivity index (χ4n) is 1.37. The van der Waals surface area contributed by atoms with Crippen LogP contribution in [0, 0.1) is 6.92 Å². The Morgan fingerprint density at radius 3 is 2.58 bits per heavy atom. The van der Waals surface area contributed by atoms with Crippen LogP contribution in [0.25, 0.3) is 0 Å². The quantitative estimate of drug-likeness (QED) is 0.862. The minimum atomic E-state index is -0.926. The summed E-state index contributed by atoms with van der Waals surface area (Å²) < 4.78 is 9.29. The molecule has 0 spiro atoms. The summed E-state index contributed by atoms with van der Waals surface area (Å²) in [4.78, 5) is 20.5. The van der Waals surface area contributed by atoms with Crippen molar-refractivity contribution in [3.05, 3.63) is 54.1 Å². The lowest BCUT2D eigenvalue weighted by atomic mass is 10.2. The Balaban J connectivity index is 2.29. The summed E-state index contributed by atoms with van der Waals surface area (Å²) in [5.41, 5.74) is 1.35. The van der Waals surface area contributed by atoms with Crippen LogP contribution in [0.3, 0.4) is 0 Å². The maximum Gasteiger partial charge on any atom is 0.305 e. The smallest absolute Gasteiger partial charge is 0.305 e. The van der Waals surface area contributed by atoms with Crippen LogP contribution in [-0.4, -0.2) is 23.0 Å². The molecule has 0 fully saturated rings. The summed E-state index contributed by atoms with van der Waals surface area (Å²) in [6.07, 6.45) is 4.35. The van der Waals surface area contributed by atoms with E-state index in [0.29, 0.717) is 0 Å². The molecule has 1 heterocycles. The molecule has 0 saturated heterocycles. The predicted octanol–water partition coefficient (Wildman–Crippen LogP) is 2.35. The van der Waals surface area contributed by atoms with Gasteiger partial charge in [-0.15, -0.1) is 0 Å². The molecule has 19 heavy (non-hydrogen) atoms. The number of nitrogens with zero attached hydrogens (tertiary/aromatic N) is 3. The van der Waals surface area contributed by atoms with Gasteiger partial charge in [0.1, 0.15) is 5.69 Å². The number of amides is 1. The zero-order valence-electron chi connectivity index (χ0n) is 10.6. The molecule has 0 aliphatic rings. The second-order valence-corrected chi connectivity index (χ2v) is 5.20. The maximum atomic E-state index is 11.9. The van der Waals surface area contributed by atoms with Crippen molar-refractivity contribution in [3.8, 4) is 0 Å². The van der Waals surface area contributed by atoms with E-state index in [1.54, 1.807) is 0 Å². The van der Waals surface area contributed by atoms with E-state index in [4.69, 9.17) is 4.18 Å². The van der Waals surface area contributed by atoms with Gasteiger partial charge in [-0.3, -0.25) is 9.78 Å². The van der Waals surface area contributed by atoms with Crippen molar-refractivity contribution >= 4 is 16.9 Å². The van der Waals surface area contributed by atoms with E-state index < -0.39 is 16.9 Å². The lowest BCUT2D eigenvalue weighted by Crippen LogP contribution is -2.03. The summed E-state index contributed by atoms with van der Waals surface area (Å²) in [6.45, 7) is 2.00. The summed E-state index contributed by atoms with van der Waals surface area (Å²) in [5.74, 6) is -0.432. The molecule has 5 nitrogen and oxygen atoms in total. The molecule has 1 amide bonds. The van der Waals surface area contributed by atoms with Gasteiger partial charge in [-0.1, -0.05) is 17.7 Å². The van der Waals surface area contributed by atoms with Crippen molar-refractivity contribution in [1.29, 1.82) is 0 Å². The number of carbonyl (C=O) groups excluding carboxylic acids is 1. The Hall–Kier alpha value is -1.92. The van der Waals surface area contributed by atoms with Crippen LogP contribution in [-0.2, 0) is 15.2 Å². The second-order valence-electron chi connectivity index (χ2n) is 3.72. The first-order valence-corrected chi connectivity index (χ1v) is 6.69. The van der Waals surface area contributed by atoms with Gasteiger partial charge in [0.25, 0.3) is 0 Å². The normalized spacial score (nSPS) is 12.3. The number of benzene rings is 1. The van der Waals surface area contributed by atoms with E-state index in [1.165, 1.54) is 25.7 Å². The predicted molar refractivity (Wildman–Crippen MR) is 72.6 cm³/mol. The lowest BCUT2D eigenvalue weighted by molar-refractivity contribution is 0.0999. The van der Waals surface area contributed by atoms with E-state index in [2.05, 4.69) is 14.3 Å². The van der Waals surface area contributed by atoms with Crippen molar-refractivity contribution in [2.75, 3.05) is 7.11 Å². The fourth-order valence-corrected chi connectivity index (χ4v) is 2.36. The third-order valence-corrected chi connectivity index (χ3v) is 3.65. The van der Waals surface area contributed by atoms with Gasteiger partial charge in [0.2, 0.25) is 0 Å². The number of aromatic nitrogens is 2. The van der Waals surface area contributed by atoms with Crippen LogP contribution in [0.5, 0.6) is 0 Å². The van der Waals surface area contributed by atoms with E-state index >= 15 is 0 Å². The van der Waals surface area contributed by atoms with Gasteiger partial charge in [-0.25, -0.2) is 4.98 Å². The highest BCUT2D eigenvalue weighted by Crippen LogP contribution is 2.12. The van der Waals surface area contributed by atoms with E-state index in [9.17, 15) is 4.79 Å². The molecular formula is C13H13N3O2S. The monoisotopic (exact) mass is 275 g/mol. The highest BCUT2D eigenvalue weighted by atomic mass is 32.2. The Morgan fingerprint density at radius 1 is 1.26 bits per heavy atom. The largest absolute Gasteiger partial charge is 0.305 e. The zero-order chi connectivity index (χ0) is 13.7. The summed E-state index contributed by atoms with van der Waals surface area (Å²) in [5, 5.41) is 0. The molecule has 0 aliphatic heterocycles. The Bertz CT molecular complexity index is 597. The first-order chi connectivity index (χ1) is 9.20. The van der Waals surface area contributed by atoms with Crippen LogP contribution in [0.2, 0.25) is 0 Å². The third kappa shape index (κ3) is 3.52. The van der Waals surface area contributed by atoms with E-state index in [1.807, 2.05) is 31.2 Å². The Kier molecular flexibility index (Phi) is 4.48. The molecule has 6 heteroatoms. The fraction of sp³-hybridized carbons (Fsp3) is 0.154. The molecule has 2 rings (SSSR count). The van der Waals surface area contributed by atoms with E-state index in [0.717, 1.165) is 10.5 Å². The Labute approximate surface area is 114 Å². The maximum absolute atomic E-state index is 11.9. The number of hydrogen-bond donors (Lipinski definition) is 0. The molecule has 1 aromatic heterocycles. The summed E-state index contributed by atoms with van der Waals surface area (Å²) in [7, 11) is 0.598. The van der Waals surface area contributed by atoms with Crippen LogP contribution in [0.4, 0.5) is 0 Å². The minimum Gasteiger partial charge on any atom is -0.305 e. The molecule has 0 radical (unpaired) electrons. The van der Waals surface area contributed by atoms with Crippen molar-refractivity contribution in [2.45, 2.75) is 11.8 Å². The van der Waals surface area contributed by atoms with Crippen molar-refractivity contribution < 1.29 is 8.98 Å². The molecule has 0 N–H and O–H groups in total. The van der Waals surface area contributed by atoms with Crippen LogP contribution in [0.1, 0.15) is 16.1 Å². The highest BCUT2D eigenvalue weighted by Gasteiger charge is 2.09. The second kappa shape index (κ2) is 6.31. The molecule has 0 saturated carbocycles. The molecule has 1 unspecified atom stereocenters. The van der Waals surface area contributed by atoms with Crippen LogP contribution < -0.4 is 0 Å². The molecule has 0 bridgehead atoms. The Morgan fingerprint density at radius 2 is 2.00 bits per heavy atom.